The molecule has 2 heterocycles. The molecule has 1 saturated heterocycles. The Hall–Kier alpha value is -3.12. The van der Waals surface area contributed by atoms with Gasteiger partial charge in [0, 0.05) is 11.3 Å². The fraction of sp³-hybridized carbons (Fsp3) is 0.167. The number of fused-ring (bicyclic) bond motifs is 2. The summed E-state index contributed by atoms with van der Waals surface area (Å²) in [5, 5.41) is 0. The summed E-state index contributed by atoms with van der Waals surface area (Å²) in [7, 11) is 0. The van der Waals surface area contributed by atoms with Crippen molar-refractivity contribution in [2.24, 2.45) is 0 Å². The number of rotatable bonds is 3. The largest absolute Gasteiger partial charge is 0.304 e. The Bertz CT molecular complexity index is 1180. The Labute approximate surface area is 178 Å². The molecule has 2 aliphatic heterocycles. The van der Waals surface area contributed by atoms with Crippen molar-refractivity contribution in [3.8, 4) is 0 Å². The fourth-order valence-corrected chi connectivity index (χ4v) is 5.66. The van der Waals surface area contributed by atoms with Gasteiger partial charge in [-0.25, -0.2) is 4.39 Å². The standard InChI is InChI=1S/C24H19FN2O2S/c1-16-6-4-9-19(12-16)27-22(28)15-30-24(27)20-10-2-3-11-21(20)26(23(24)29)14-17-7-5-8-18(25)13-17/h2-13H,14-15H2,1H3. The summed E-state index contributed by atoms with van der Waals surface area (Å²) < 4.78 is 13.7. The number of halogens is 1. The minimum absolute atomic E-state index is 0.0960. The molecule has 4 nitrogen and oxygen atoms in total. The first-order chi connectivity index (χ1) is 14.5. The number of anilines is 2. The van der Waals surface area contributed by atoms with E-state index in [9.17, 15) is 14.0 Å². The van der Waals surface area contributed by atoms with Crippen LogP contribution in [0.1, 0.15) is 16.7 Å². The van der Waals surface area contributed by atoms with Gasteiger partial charge in [0.2, 0.25) is 10.8 Å². The normalized spacial score (nSPS) is 20.3. The number of hydrogen-bond donors (Lipinski definition) is 0. The molecule has 6 heteroatoms. The van der Waals surface area contributed by atoms with E-state index in [1.54, 1.807) is 21.9 Å². The van der Waals surface area contributed by atoms with Gasteiger partial charge in [0.05, 0.1) is 18.0 Å². The number of nitrogens with zero attached hydrogens (tertiary/aromatic N) is 2. The molecule has 0 N–H and O–H groups in total. The summed E-state index contributed by atoms with van der Waals surface area (Å²) in [6, 6.07) is 21.5. The maximum atomic E-state index is 13.9. The van der Waals surface area contributed by atoms with Gasteiger partial charge in [-0.15, -0.1) is 11.8 Å². The van der Waals surface area contributed by atoms with Gasteiger partial charge < -0.3 is 4.90 Å². The van der Waals surface area contributed by atoms with E-state index in [1.165, 1.54) is 23.9 Å². The Morgan fingerprint density at radius 3 is 2.60 bits per heavy atom. The molecule has 0 bridgehead atoms. The second kappa shape index (κ2) is 6.99. The van der Waals surface area contributed by atoms with Gasteiger partial charge in [0.25, 0.3) is 5.91 Å². The molecule has 0 aromatic heterocycles. The summed E-state index contributed by atoms with van der Waals surface area (Å²) in [6.45, 7) is 2.20. The van der Waals surface area contributed by atoms with Gasteiger partial charge in [-0.05, 0) is 48.4 Å². The Morgan fingerprint density at radius 2 is 1.80 bits per heavy atom. The number of thioether (sulfide) groups is 1. The molecule has 0 aliphatic carbocycles. The summed E-state index contributed by atoms with van der Waals surface area (Å²) >= 11 is 1.35. The SMILES string of the molecule is Cc1cccc(N2C(=O)CSC23C(=O)N(Cc2cccc(F)c2)c2ccccc23)c1. The third-order valence-corrected chi connectivity index (χ3v) is 6.94. The van der Waals surface area contributed by atoms with Crippen LogP contribution in [0.5, 0.6) is 0 Å². The van der Waals surface area contributed by atoms with Crippen LogP contribution < -0.4 is 9.80 Å². The van der Waals surface area contributed by atoms with Crippen LogP contribution in [-0.4, -0.2) is 17.6 Å². The molecular weight excluding hydrogens is 399 g/mol. The fourth-order valence-electron chi connectivity index (χ4n) is 4.30. The monoisotopic (exact) mass is 418 g/mol. The predicted molar refractivity (Wildman–Crippen MR) is 117 cm³/mol. The lowest BCUT2D eigenvalue weighted by Crippen LogP contribution is -2.49. The number of aryl methyl sites for hydroxylation is 1. The summed E-state index contributed by atoms with van der Waals surface area (Å²) in [6.07, 6.45) is 0. The van der Waals surface area contributed by atoms with Gasteiger partial charge >= 0.3 is 0 Å². The van der Waals surface area contributed by atoms with Crippen LogP contribution in [-0.2, 0) is 21.0 Å². The number of hydrogen-bond acceptors (Lipinski definition) is 3. The first-order valence-electron chi connectivity index (χ1n) is 9.70. The summed E-state index contributed by atoms with van der Waals surface area (Å²) in [4.78, 5) is 29.1. The molecule has 150 valence electrons. The van der Waals surface area contributed by atoms with E-state index in [0.717, 1.165) is 16.8 Å². The van der Waals surface area contributed by atoms with Crippen molar-refractivity contribution in [1.82, 2.24) is 0 Å². The molecule has 1 fully saturated rings. The van der Waals surface area contributed by atoms with Gasteiger partial charge in [0.1, 0.15) is 5.82 Å². The molecule has 5 rings (SSSR count). The van der Waals surface area contributed by atoms with Gasteiger partial charge in [0.15, 0.2) is 0 Å². The Kier molecular flexibility index (Phi) is 4.40. The van der Waals surface area contributed by atoms with E-state index < -0.39 is 4.87 Å². The van der Waals surface area contributed by atoms with Crippen LogP contribution in [0, 0.1) is 12.7 Å². The highest BCUT2D eigenvalue weighted by molar-refractivity contribution is 8.02. The molecular formula is C24H19FN2O2S. The Balaban J connectivity index is 1.65. The van der Waals surface area contributed by atoms with Crippen LogP contribution in [0.4, 0.5) is 15.8 Å². The van der Waals surface area contributed by atoms with E-state index >= 15 is 0 Å². The minimum Gasteiger partial charge on any atom is -0.304 e. The highest BCUT2D eigenvalue weighted by Crippen LogP contribution is 2.55. The number of benzene rings is 3. The average Bonchev–Trinajstić information content (AvgIpc) is 3.19. The third-order valence-electron chi connectivity index (χ3n) is 5.55. The van der Waals surface area contributed by atoms with Crippen molar-refractivity contribution in [3.63, 3.8) is 0 Å². The van der Waals surface area contributed by atoms with Gasteiger partial charge in [-0.3, -0.25) is 14.5 Å². The van der Waals surface area contributed by atoms with Crippen molar-refractivity contribution in [3.05, 3.63) is 95.3 Å². The topological polar surface area (TPSA) is 40.6 Å². The summed E-state index contributed by atoms with van der Waals surface area (Å²) in [5.41, 5.74) is 3.98. The quantitative estimate of drug-likeness (QED) is 0.624. The third kappa shape index (κ3) is 2.75. The maximum absolute atomic E-state index is 13.9. The average molecular weight is 418 g/mol. The van der Waals surface area contributed by atoms with Crippen LogP contribution >= 0.6 is 11.8 Å². The highest BCUT2D eigenvalue weighted by atomic mass is 32.2. The van der Waals surface area contributed by atoms with E-state index in [1.807, 2.05) is 55.5 Å². The predicted octanol–water partition coefficient (Wildman–Crippen LogP) is 4.61. The molecule has 0 radical (unpaired) electrons. The molecule has 2 aliphatic rings. The molecule has 30 heavy (non-hydrogen) atoms. The zero-order valence-electron chi connectivity index (χ0n) is 16.3. The van der Waals surface area contributed by atoms with Crippen LogP contribution in [0.25, 0.3) is 0 Å². The second-order valence-electron chi connectivity index (χ2n) is 7.54. The first-order valence-corrected chi connectivity index (χ1v) is 10.7. The van der Waals surface area contributed by atoms with Crippen molar-refractivity contribution in [1.29, 1.82) is 0 Å². The lowest BCUT2D eigenvalue weighted by Gasteiger charge is -2.33. The molecule has 1 atom stereocenters. The van der Waals surface area contributed by atoms with Gasteiger partial charge in [-0.2, -0.15) is 0 Å². The molecule has 0 saturated carbocycles. The number of carbonyl (C=O) groups is 2. The molecule has 3 aromatic carbocycles. The van der Waals surface area contributed by atoms with Crippen LogP contribution in [0.3, 0.4) is 0 Å². The zero-order chi connectivity index (χ0) is 20.9. The molecule has 1 spiro atoms. The van der Waals surface area contributed by atoms with E-state index in [0.29, 0.717) is 11.3 Å². The number of amides is 2. The number of carbonyl (C=O) groups excluding carboxylic acids is 2. The van der Waals surface area contributed by atoms with E-state index in [2.05, 4.69) is 0 Å². The first kappa shape index (κ1) is 18.9. The van der Waals surface area contributed by atoms with E-state index in [-0.39, 0.29) is 29.9 Å². The highest BCUT2D eigenvalue weighted by Gasteiger charge is 2.60. The van der Waals surface area contributed by atoms with Crippen molar-refractivity contribution in [2.45, 2.75) is 18.3 Å². The Morgan fingerprint density at radius 1 is 1.00 bits per heavy atom. The van der Waals surface area contributed by atoms with Crippen molar-refractivity contribution < 1.29 is 14.0 Å². The molecule has 1 unspecified atom stereocenters. The van der Waals surface area contributed by atoms with Crippen molar-refractivity contribution >= 4 is 35.0 Å². The van der Waals surface area contributed by atoms with Crippen molar-refractivity contribution in [2.75, 3.05) is 15.6 Å². The smallest absolute Gasteiger partial charge is 0.269 e. The minimum atomic E-state index is -1.14. The summed E-state index contributed by atoms with van der Waals surface area (Å²) in [5.74, 6) is -0.387. The van der Waals surface area contributed by atoms with Crippen LogP contribution in [0.2, 0.25) is 0 Å². The lowest BCUT2D eigenvalue weighted by atomic mass is 10.0. The molecule has 2 amide bonds. The molecule has 3 aromatic rings. The zero-order valence-corrected chi connectivity index (χ0v) is 17.2. The van der Waals surface area contributed by atoms with Crippen LogP contribution in [0.15, 0.2) is 72.8 Å². The lowest BCUT2D eigenvalue weighted by molar-refractivity contribution is -0.123. The van der Waals surface area contributed by atoms with E-state index in [4.69, 9.17) is 0 Å². The maximum Gasteiger partial charge on any atom is 0.269 e. The van der Waals surface area contributed by atoms with Gasteiger partial charge in [-0.1, -0.05) is 42.5 Å². The second-order valence-corrected chi connectivity index (χ2v) is 8.71. The number of para-hydroxylation sites is 1.